The van der Waals surface area contributed by atoms with Crippen LogP contribution in [0.1, 0.15) is 18.4 Å². The molecule has 1 amide bonds. The van der Waals surface area contributed by atoms with E-state index in [9.17, 15) is 13.2 Å². The molecule has 2 saturated heterocycles. The van der Waals surface area contributed by atoms with Gasteiger partial charge >= 0.3 is 0 Å². The highest BCUT2D eigenvalue weighted by molar-refractivity contribution is 7.89. The molecule has 7 nitrogen and oxygen atoms in total. The van der Waals surface area contributed by atoms with Crippen molar-refractivity contribution in [1.29, 1.82) is 0 Å². The molecule has 26 heavy (non-hydrogen) atoms. The molecule has 144 valence electrons. The lowest BCUT2D eigenvalue weighted by Crippen LogP contribution is -2.47. The Labute approximate surface area is 154 Å². The summed E-state index contributed by atoms with van der Waals surface area (Å²) < 4.78 is 37.8. The van der Waals surface area contributed by atoms with Gasteiger partial charge in [0, 0.05) is 32.1 Å². The first-order valence-corrected chi connectivity index (χ1v) is 10.4. The third-order valence-electron chi connectivity index (χ3n) is 5.13. The van der Waals surface area contributed by atoms with E-state index < -0.39 is 10.0 Å². The minimum absolute atomic E-state index is 0.100. The molecule has 8 heteroatoms. The fraction of sp³-hybridized carbons (Fsp3) is 0.611. The highest BCUT2D eigenvalue weighted by Crippen LogP contribution is 2.28. The highest BCUT2D eigenvalue weighted by Gasteiger charge is 2.34. The molecule has 2 fully saturated rings. The monoisotopic (exact) mass is 382 g/mol. The molecule has 0 radical (unpaired) electrons. The topological polar surface area (TPSA) is 76.2 Å². The van der Waals surface area contributed by atoms with Gasteiger partial charge < -0.3 is 14.4 Å². The van der Waals surface area contributed by atoms with Gasteiger partial charge in [0.15, 0.2) is 0 Å². The van der Waals surface area contributed by atoms with Gasteiger partial charge in [-0.3, -0.25) is 4.79 Å². The predicted molar refractivity (Wildman–Crippen MR) is 96.6 cm³/mol. The molecule has 0 unspecified atom stereocenters. The number of aryl methyl sites for hydroxylation is 1. The van der Waals surface area contributed by atoms with E-state index in [2.05, 4.69) is 0 Å². The molecule has 2 aliphatic heterocycles. The van der Waals surface area contributed by atoms with Crippen LogP contribution in [0, 0.1) is 12.8 Å². The van der Waals surface area contributed by atoms with E-state index in [1.807, 2.05) is 4.90 Å². The number of morpholine rings is 1. The Morgan fingerprint density at radius 1 is 1.15 bits per heavy atom. The molecule has 0 aliphatic carbocycles. The first-order chi connectivity index (χ1) is 12.4. The van der Waals surface area contributed by atoms with Gasteiger partial charge in [-0.25, -0.2) is 8.42 Å². The van der Waals surface area contributed by atoms with E-state index in [1.54, 1.807) is 32.2 Å². The van der Waals surface area contributed by atoms with E-state index in [0.29, 0.717) is 68.4 Å². The number of ether oxygens (including phenoxy) is 2. The summed E-state index contributed by atoms with van der Waals surface area (Å²) >= 11 is 0. The fourth-order valence-electron chi connectivity index (χ4n) is 3.56. The van der Waals surface area contributed by atoms with Gasteiger partial charge in [-0.1, -0.05) is 0 Å². The lowest BCUT2D eigenvalue weighted by molar-refractivity contribution is -0.140. The molecule has 0 atom stereocenters. The number of carbonyl (C=O) groups excluding carboxylic acids is 1. The number of methoxy groups -OCH3 is 1. The normalized spacial score (nSPS) is 20.2. The molecule has 2 aliphatic rings. The lowest BCUT2D eigenvalue weighted by Gasteiger charge is -2.35. The van der Waals surface area contributed by atoms with E-state index >= 15 is 0 Å². The van der Waals surface area contributed by atoms with Crippen LogP contribution >= 0.6 is 0 Å². The Morgan fingerprint density at radius 2 is 1.81 bits per heavy atom. The summed E-state index contributed by atoms with van der Waals surface area (Å²) in [4.78, 5) is 14.7. The van der Waals surface area contributed by atoms with Gasteiger partial charge in [0.05, 0.1) is 25.2 Å². The van der Waals surface area contributed by atoms with Crippen LogP contribution < -0.4 is 4.74 Å². The van der Waals surface area contributed by atoms with Crippen LogP contribution in [0.15, 0.2) is 23.1 Å². The Hall–Kier alpha value is -1.64. The summed E-state index contributed by atoms with van der Waals surface area (Å²) in [5.74, 6) is 0.666. The van der Waals surface area contributed by atoms with E-state index in [4.69, 9.17) is 9.47 Å². The SMILES string of the molecule is COc1ccc(S(=O)(=O)N2CCC(C(=O)N3CCOCC3)CC2)c(C)c1. The molecular weight excluding hydrogens is 356 g/mol. The van der Waals surface area contributed by atoms with Gasteiger partial charge in [0.25, 0.3) is 0 Å². The minimum Gasteiger partial charge on any atom is -0.497 e. The second-order valence-corrected chi connectivity index (χ2v) is 8.65. The molecule has 2 heterocycles. The number of hydrogen-bond donors (Lipinski definition) is 0. The number of sulfonamides is 1. The van der Waals surface area contributed by atoms with Gasteiger partial charge in [0.2, 0.25) is 15.9 Å². The summed E-state index contributed by atoms with van der Waals surface area (Å²) in [6, 6.07) is 4.98. The van der Waals surface area contributed by atoms with Crippen molar-refractivity contribution < 1.29 is 22.7 Å². The lowest BCUT2D eigenvalue weighted by atomic mass is 9.96. The third-order valence-corrected chi connectivity index (χ3v) is 7.18. The Balaban J connectivity index is 1.66. The maximum absolute atomic E-state index is 13.0. The summed E-state index contributed by atoms with van der Waals surface area (Å²) in [6.07, 6.45) is 1.12. The van der Waals surface area contributed by atoms with Gasteiger partial charge in [0.1, 0.15) is 5.75 Å². The predicted octanol–water partition coefficient (Wildman–Crippen LogP) is 1.26. The molecular formula is C18H26N2O5S. The number of benzene rings is 1. The van der Waals surface area contributed by atoms with Crippen molar-refractivity contribution in [2.45, 2.75) is 24.7 Å². The Morgan fingerprint density at radius 3 is 2.38 bits per heavy atom. The Kier molecular flexibility index (Phi) is 5.84. The average molecular weight is 382 g/mol. The molecule has 3 rings (SSSR count). The standard InChI is InChI=1S/C18H26N2O5S/c1-14-13-16(24-2)3-4-17(14)26(22,23)20-7-5-15(6-8-20)18(21)19-9-11-25-12-10-19/h3-4,13,15H,5-12H2,1-2H3. The minimum atomic E-state index is -3.56. The average Bonchev–Trinajstić information content (AvgIpc) is 2.67. The summed E-state index contributed by atoms with van der Waals surface area (Å²) in [6.45, 7) is 4.92. The summed E-state index contributed by atoms with van der Waals surface area (Å²) in [7, 11) is -2.00. The van der Waals surface area contributed by atoms with Crippen molar-refractivity contribution in [3.8, 4) is 5.75 Å². The highest BCUT2D eigenvalue weighted by atomic mass is 32.2. The molecule has 0 bridgehead atoms. The Bertz CT molecular complexity index is 751. The fourth-order valence-corrected chi connectivity index (χ4v) is 5.24. The van der Waals surface area contributed by atoms with E-state index in [1.165, 1.54) is 4.31 Å². The van der Waals surface area contributed by atoms with Gasteiger partial charge in [-0.05, 0) is 43.5 Å². The molecule has 0 N–H and O–H groups in total. The number of amides is 1. The largest absolute Gasteiger partial charge is 0.497 e. The summed E-state index contributed by atoms with van der Waals surface area (Å²) in [5.41, 5.74) is 0.663. The number of hydrogen-bond acceptors (Lipinski definition) is 5. The van der Waals surface area contributed by atoms with Crippen LogP contribution in [-0.4, -0.2) is 70.0 Å². The zero-order chi connectivity index (χ0) is 18.7. The molecule has 1 aromatic rings. The van der Waals surface area contributed by atoms with Crippen molar-refractivity contribution in [1.82, 2.24) is 9.21 Å². The molecule has 0 spiro atoms. The van der Waals surface area contributed by atoms with Crippen LogP contribution in [0.2, 0.25) is 0 Å². The van der Waals surface area contributed by atoms with E-state index in [0.717, 1.165) is 0 Å². The molecule has 0 saturated carbocycles. The van der Waals surface area contributed by atoms with Crippen LogP contribution in [0.4, 0.5) is 0 Å². The van der Waals surface area contributed by atoms with Crippen molar-refractivity contribution in [3.63, 3.8) is 0 Å². The van der Waals surface area contributed by atoms with Crippen molar-refractivity contribution >= 4 is 15.9 Å². The number of rotatable bonds is 4. The number of nitrogens with zero attached hydrogens (tertiary/aromatic N) is 2. The number of piperidine rings is 1. The maximum Gasteiger partial charge on any atom is 0.243 e. The van der Waals surface area contributed by atoms with Gasteiger partial charge in [-0.15, -0.1) is 0 Å². The van der Waals surface area contributed by atoms with Crippen molar-refractivity contribution in [2.75, 3.05) is 46.5 Å². The zero-order valence-electron chi connectivity index (χ0n) is 15.3. The van der Waals surface area contributed by atoms with Crippen LogP contribution in [-0.2, 0) is 19.6 Å². The van der Waals surface area contributed by atoms with Crippen molar-refractivity contribution in [2.24, 2.45) is 5.92 Å². The smallest absolute Gasteiger partial charge is 0.243 e. The van der Waals surface area contributed by atoms with E-state index in [-0.39, 0.29) is 11.8 Å². The number of carbonyl (C=O) groups is 1. The van der Waals surface area contributed by atoms with Crippen LogP contribution in [0.3, 0.4) is 0 Å². The van der Waals surface area contributed by atoms with Gasteiger partial charge in [-0.2, -0.15) is 4.31 Å². The van der Waals surface area contributed by atoms with Crippen LogP contribution in [0.25, 0.3) is 0 Å². The van der Waals surface area contributed by atoms with Crippen molar-refractivity contribution in [3.05, 3.63) is 23.8 Å². The molecule has 0 aromatic heterocycles. The molecule has 1 aromatic carbocycles. The second-order valence-electron chi connectivity index (χ2n) is 6.75. The first kappa shape index (κ1) is 19.1. The zero-order valence-corrected chi connectivity index (χ0v) is 16.1. The quantitative estimate of drug-likeness (QED) is 0.784. The second kappa shape index (κ2) is 7.94. The third kappa shape index (κ3) is 3.87. The summed E-state index contributed by atoms with van der Waals surface area (Å²) in [5, 5.41) is 0. The first-order valence-electron chi connectivity index (χ1n) is 8.95. The maximum atomic E-state index is 13.0. The van der Waals surface area contributed by atoms with Crippen LogP contribution in [0.5, 0.6) is 5.75 Å².